The molecule has 8 nitrogen and oxygen atoms in total. The van der Waals surface area contributed by atoms with Crippen LogP contribution in [-0.2, 0) is 4.79 Å². The summed E-state index contributed by atoms with van der Waals surface area (Å²) in [6, 6.07) is 10.8. The average molecular weight is 438 g/mol. The number of nitro benzene ring substituents is 1. The molecule has 2 heterocycles. The minimum Gasteiger partial charge on any atom is -0.467 e. The van der Waals surface area contributed by atoms with E-state index in [1.807, 2.05) is 36.6 Å². The van der Waals surface area contributed by atoms with Crippen molar-refractivity contribution in [3.05, 3.63) is 75.7 Å². The summed E-state index contributed by atoms with van der Waals surface area (Å²) >= 11 is 1.43. The molecule has 0 aliphatic rings. The summed E-state index contributed by atoms with van der Waals surface area (Å²) in [4.78, 5) is 31.7. The van der Waals surface area contributed by atoms with Gasteiger partial charge in [-0.25, -0.2) is 14.4 Å². The molecule has 31 heavy (non-hydrogen) atoms. The van der Waals surface area contributed by atoms with Crippen LogP contribution in [0.3, 0.4) is 0 Å². The van der Waals surface area contributed by atoms with Gasteiger partial charge in [0.15, 0.2) is 6.61 Å². The molecule has 4 rings (SSSR count). The summed E-state index contributed by atoms with van der Waals surface area (Å²) in [5.74, 6) is -1.19. The zero-order chi connectivity index (χ0) is 22.0. The summed E-state index contributed by atoms with van der Waals surface area (Å²) in [6.07, 6.45) is 1.34. The van der Waals surface area contributed by atoms with Crippen molar-refractivity contribution in [3.8, 4) is 17.0 Å². The van der Waals surface area contributed by atoms with Gasteiger partial charge in [0.2, 0.25) is 5.88 Å². The third-order valence-corrected chi connectivity index (χ3v) is 5.35. The largest absolute Gasteiger partial charge is 0.467 e. The second kappa shape index (κ2) is 8.44. The number of aryl methyl sites for hydroxylation is 1. The monoisotopic (exact) mass is 438 g/mol. The molecule has 0 bridgehead atoms. The number of hydrogen-bond acceptors (Lipinski definition) is 7. The second-order valence-corrected chi connectivity index (χ2v) is 7.49. The van der Waals surface area contributed by atoms with Crippen LogP contribution in [0.5, 0.6) is 5.88 Å². The lowest BCUT2D eigenvalue weighted by atomic mass is 10.0. The molecule has 0 saturated heterocycles. The van der Waals surface area contributed by atoms with Gasteiger partial charge in [-0.3, -0.25) is 14.9 Å². The Morgan fingerprint density at radius 2 is 2.00 bits per heavy atom. The van der Waals surface area contributed by atoms with Crippen molar-refractivity contribution in [1.29, 1.82) is 0 Å². The van der Waals surface area contributed by atoms with E-state index >= 15 is 0 Å². The number of nitro groups is 1. The number of benzene rings is 2. The van der Waals surface area contributed by atoms with Crippen LogP contribution in [0, 0.1) is 22.9 Å². The summed E-state index contributed by atoms with van der Waals surface area (Å²) in [5, 5.41) is 16.1. The Labute approximate surface area is 179 Å². The smallest absolute Gasteiger partial charge is 0.295 e. The van der Waals surface area contributed by atoms with Crippen molar-refractivity contribution in [1.82, 2.24) is 9.97 Å². The number of rotatable bonds is 6. The second-order valence-electron chi connectivity index (χ2n) is 6.63. The van der Waals surface area contributed by atoms with Crippen molar-refractivity contribution in [2.75, 3.05) is 11.9 Å². The molecule has 156 valence electrons. The van der Waals surface area contributed by atoms with Crippen LogP contribution in [0.25, 0.3) is 21.3 Å². The molecule has 0 atom stereocenters. The Morgan fingerprint density at radius 1 is 1.23 bits per heavy atom. The number of nitrogens with one attached hydrogen (secondary N) is 1. The standard InChI is InChI=1S/C21H15FN4O4S/c1-12-2-4-13(5-3-12)15-10-31-21-19(15)20(23-11-24-21)30-9-18(27)25-16-7-6-14(22)8-17(16)26(28)29/h2-8,10-11H,9H2,1H3,(H,25,27). The summed E-state index contributed by atoms with van der Waals surface area (Å²) < 4.78 is 18.9. The highest BCUT2D eigenvalue weighted by atomic mass is 32.1. The lowest BCUT2D eigenvalue weighted by Gasteiger charge is -2.09. The van der Waals surface area contributed by atoms with Crippen LogP contribution in [0.4, 0.5) is 15.8 Å². The minimum absolute atomic E-state index is 0.122. The van der Waals surface area contributed by atoms with Gasteiger partial charge in [0.05, 0.1) is 16.4 Å². The number of carbonyl (C=O) groups excluding carboxylic acids is 1. The summed E-state index contributed by atoms with van der Waals surface area (Å²) in [5.41, 5.74) is 2.30. The molecule has 0 radical (unpaired) electrons. The molecule has 4 aromatic rings. The van der Waals surface area contributed by atoms with Gasteiger partial charge in [-0.05, 0) is 24.6 Å². The zero-order valence-electron chi connectivity index (χ0n) is 16.2. The number of amides is 1. The van der Waals surface area contributed by atoms with Crippen molar-refractivity contribution < 1.29 is 18.8 Å². The fraction of sp³-hybridized carbons (Fsp3) is 0.0952. The molecule has 0 saturated carbocycles. The normalized spacial score (nSPS) is 10.8. The van der Waals surface area contributed by atoms with Crippen LogP contribution in [0.15, 0.2) is 54.2 Å². The van der Waals surface area contributed by atoms with Gasteiger partial charge in [-0.15, -0.1) is 11.3 Å². The van der Waals surface area contributed by atoms with E-state index in [0.717, 1.165) is 34.9 Å². The average Bonchev–Trinajstić information content (AvgIpc) is 3.19. The quantitative estimate of drug-likeness (QED) is 0.344. The molecule has 0 aliphatic heterocycles. The first-order valence-electron chi connectivity index (χ1n) is 9.08. The highest BCUT2D eigenvalue weighted by Crippen LogP contribution is 2.37. The van der Waals surface area contributed by atoms with Crippen molar-refractivity contribution in [3.63, 3.8) is 0 Å². The Bertz CT molecular complexity index is 1290. The molecule has 2 aromatic carbocycles. The van der Waals surface area contributed by atoms with Gasteiger partial charge in [0, 0.05) is 10.9 Å². The van der Waals surface area contributed by atoms with Crippen LogP contribution in [-0.4, -0.2) is 27.4 Å². The van der Waals surface area contributed by atoms with E-state index in [4.69, 9.17) is 4.74 Å². The molecule has 1 N–H and O–H groups in total. The number of ether oxygens (including phenoxy) is 1. The molecular weight excluding hydrogens is 423 g/mol. The lowest BCUT2D eigenvalue weighted by molar-refractivity contribution is -0.384. The molecule has 1 amide bonds. The fourth-order valence-corrected chi connectivity index (χ4v) is 3.89. The van der Waals surface area contributed by atoms with Gasteiger partial charge < -0.3 is 10.1 Å². The molecule has 0 unspecified atom stereocenters. The minimum atomic E-state index is -0.773. The maximum Gasteiger partial charge on any atom is 0.295 e. The van der Waals surface area contributed by atoms with Crippen molar-refractivity contribution in [2.24, 2.45) is 0 Å². The van der Waals surface area contributed by atoms with Crippen molar-refractivity contribution >= 4 is 38.8 Å². The number of halogens is 1. The highest BCUT2D eigenvalue weighted by molar-refractivity contribution is 7.17. The number of thiophene rings is 1. The summed E-state index contributed by atoms with van der Waals surface area (Å²) in [7, 11) is 0. The SMILES string of the molecule is Cc1ccc(-c2csc3ncnc(OCC(=O)Nc4ccc(F)cc4[N+](=O)[O-])c23)cc1. The number of fused-ring (bicyclic) bond motifs is 1. The molecule has 0 fully saturated rings. The number of nitrogens with zero attached hydrogens (tertiary/aromatic N) is 3. The molecule has 2 aromatic heterocycles. The van der Waals surface area contributed by atoms with Crippen molar-refractivity contribution in [2.45, 2.75) is 6.92 Å². The van der Waals surface area contributed by atoms with Crippen LogP contribution in [0.1, 0.15) is 5.56 Å². The van der Waals surface area contributed by atoms with Crippen LogP contribution < -0.4 is 10.1 Å². The van der Waals surface area contributed by atoms with Gasteiger partial charge in [-0.2, -0.15) is 0 Å². The Morgan fingerprint density at radius 3 is 2.74 bits per heavy atom. The lowest BCUT2D eigenvalue weighted by Crippen LogP contribution is -2.21. The van der Waals surface area contributed by atoms with Gasteiger partial charge in [0.1, 0.15) is 22.7 Å². The third kappa shape index (κ3) is 4.33. The van der Waals surface area contributed by atoms with E-state index < -0.39 is 28.9 Å². The first-order chi connectivity index (χ1) is 14.9. The maximum absolute atomic E-state index is 13.3. The van der Waals surface area contributed by atoms with E-state index in [1.165, 1.54) is 17.7 Å². The van der Waals surface area contributed by atoms with E-state index in [9.17, 15) is 19.3 Å². The first-order valence-corrected chi connectivity index (χ1v) is 9.96. The van der Waals surface area contributed by atoms with Crippen LogP contribution >= 0.6 is 11.3 Å². The van der Waals surface area contributed by atoms with Gasteiger partial charge in [0.25, 0.3) is 11.6 Å². The highest BCUT2D eigenvalue weighted by Gasteiger charge is 2.19. The molecule has 0 spiro atoms. The number of aromatic nitrogens is 2. The molecule has 0 aliphatic carbocycles. The summed E-state index contributed by atoms with van der Waals surface area (Å²) in [6.45, 7) is 1.56. The zero-order valence-corrected chi connectivity index (χ0v) is 17.0. The van der Waals surface area contributed by atoms with Crippen LogP contribution in [0.2, 0.25) is 0 Å². The predicted molar refractivity (Wildman–Crippen MR) is 115 cm³/mol. The van der Waals surface area contributed by atoms with E-state index in [0.29, 0.717) is 10.2 Å². The predicted octanol–water partition coefficient (Wildman–Crippen LogP) is 4.73. The number of hydrogen-bond donors (Lipinski definition) is 1. The van der Waals surface area contributed by atoms with E-state index in [1.54, 1.807) is 0 Å². The fourth-order valence-electron chi connectivity index (χ4n) is 2.98. The maximum atomic E-state index is 13.3. The Hall–Kier alpha value is -3.92. The molecule has 10 heteroatoms. The molecular formula is C21H15FN4O4S. The Balaban J connectivity index is 1.56. The van der Waals surface area contributed by atoms with E-state index in [2.05, 4.69) is 15.3 Å². The van der Waals surface area contributed by atoms with Gasteiger partial charge >= 0.3 is 0 Å². The number of anilines is 1. The van der Waals surface area contributed by atoms with Gasteiger partial charge in [-0.1, -0.05) is 29.8 Å². The first kappa shape index (κ1) is 20.4. The van der Waals surface area contributed by atoms with E-state index in [-0.39, 0.29) is 11.6 Å². The topological polar surface area (TPSA) is 107 Å². The number of carbonyl (C=O) groups is 1. The third-order valence-electron chi connectivity index (χ3n) is 4.47. The Kier molecular flexibility index (Phi) is 5.54.